The minimum atomic E-state index is -0.605. The summed E-state index contributed by atoms with van der Waals surface area (Å²) in [6.07, 6.45) is 0.748. The van der Waals surface area contributed by atoms with Gasteiger partial charge >= 0.3 is 0 Å². The maximum Gasteiger partial charge on any atom is 0.221 e. The van der Waals surface area contributed by atoms with Gasteiger partial charge < -0.3 is 19.9 Å². The fourth-order valence-electron chi connectivity index (χ4n) is 3.17. The monoisotopic (exact) mass is 404 g/mol. The summed E-state index contributed by atoms with van der Waals surface area (Å²) in [7, 11) is 0. The van der Waals surface area contributed by atoms with Crippen LogP contribution in [0.4, 0.5) is 5.69 Å². The van der Waals surface area contributed by atoms with Gasteiger partial charge in [-0.05, 0) is 42.8 Å². The lowest BCUT2D eigenvalue weighted by Crippen LogP contribution is -2.35. The van der Waals surface area contributed by atoms with Crippen LogP contribution in [0.5, 0.6) is 11.5 Å². The zero-order chi connectivity index (χ0) is 19.9. The maximum atomic E-state index is 11.3. The van der Waals surface area contributed by atoms with Gasteiger partial charge in [-0.25, -0.2) is 0 Å². The first-order valence-electron chi connectivity index (χ1n) is 9.35. The molecule has 3 rings (SSSR count). The van der Waals surface area contributed by atoms with Crippen molar-refractivity contribution in [2.24, 2.45) is 0 Å². The number of hydrogen-bond acceptors (Lipinski definition) is 5. The molecule has 2 aromatic carbocycles. The van der Waals surface area contributed by atoms with Crippen molar-refractivity contribution < 1.29 is 19.4 Å². The highest BCUT2D eigenvalue weighted by Gasteiger charge is 2.28. The zero-order valence-corrected chi connectivity index (χ0v) is 16.6. The highest BCUT2D eigenvalue weighted by atomic mass is 35.5. The summed E-state index contributed by atoms with van der Waals surface area (Å²) in [5.74, 6) is 1.22. The first-order chi connectivity index (χ1) is 13.5. The normalized spacial score (nSPS) is 17.9. The van der Waals surface area contributed by atoms with Gasteiger partial charge in [0.05, 0.1) is 12.3 Å². The second-order valence-electron chi connectivity index (χ2n) is 6.77. The van der Waals surface area contributed by atoms with Crippen LogP contribution in [0.1, 0.15) is 19.8 Å². The van der Waals surface area contributed by atoms with E-state index in [1.807, 2.05) is 29.2 Å². The first kappa shape index (κ1) is 20.5. The Balaban J connectivity index is 1.44. The van der Waals surface area contributed by atoms with Gasteiger partial charge in [-0.3, -0.25) is 9.69 Å². The molecule has 0 saturated carbocycles. The highest BCUT2D eigenvalue weighted by molar-refractivity contribution is 6.30. The second kappa shape index (κ2) is 9.78. The number of amides is 1. The molecule has 0 radical (unpaired) electrons. The van der Waals surface area contributed by atoms with Crippen LogP contribution < -0.4 is 14.8 Å². The number of para-hydroxylation sites is 2. The molecule has 1 aliphatic heterocycles. The fourth-order valence-corrected chi connectivity index (χ4v) is 3.29. The molecule has 150 valence electrons. The molecule has 1 fully saturated rings. The molecular formula is C21H25ClN2O4. The van der Waals surface area contributed by atoms with Gasteiger partial charge in [-0.2, -0.15) is 0 Å². The quantitative estimate of drug-likeness (QED) is 0.704. The standard InChI is InChI=1S/C21H25ClN2O4/c1-15(25)23-19-4-2-3-5-20(19)27-13-11-21(26)24-12-10-18(14-24)28-17-8-6-16(22)7-9-17/h2-9,18,21,26H,10-14H2,1H3,(H,23,25)/t18-,21?/m0/s1. The van der Waals surface area contributed by atoms with Crippen molar-refractivity contribution in [3.05, 3.63) is 53.6 Å². The van der Waals surface area contributed by atoms with Gasteiger partial charge in [0.2, 0.25) is 5.91 Å². The molecule has 6 nitrogen and oxygen atoms in total. The Morgan fingerprint density at radius 3 is 2.79 bits per heavy atom. The van der Waals surface area contributed by atoms with Crippen molar-refractivity contribution in [3.63, 3.8) is 0 Å². The summed E-state index contributed by atoms with van der Waals surface area (Å²) < 4.78 is 11.7. The van der Waals surface area contributed by atoms with Crippen molar-refractivity contribution >= 4 is 23.2 Å². The van der Waals surface area contributed by atoms with Crippen LogP contribution in [0.2, 0.25) is 5.02 Å². The SMILES string of the molecule is CC(=O)Nc1ccccc1OCCC(O)N1CC[C@H](Oc2ccc(Cl)cc2)C1. The van der Waals surface area contributed by atoms with E-state index in [2.05, 4.69) is 5.32 Å². The van der Waals surface area contributed by atoms with Crippen LogP contribution in [0.25, 0.3) is 0 Å². The molecule has 0 bridgehead atoms. The lowest BCUT2D eigenvalue weighted by molar-refractivity contribution is -0.114. The zero-order valence-electron chi connectivity index (χ0n) is 15.8. The van der Waals surface area contributed by atoms with E-state index in [0.29, 0.717) is 36.0 Å². The molecule has 2 N–H and O–H groups in total. The van der Waals surface area contributed by atoms with E-state index in [0.717, 1.165) is 18.7 Å². The Labute approximate surface area is 170 Å². The predicted octanol–water partition coefficient (Wildman–Crippen LogP) is 3.54. The predicted molar refractivity (Wildman–Crippen MR) is 109 cm³/mol. The summed E-state index contributed by atoms with van der Waals surface area (Å²) in [6, 6.07) is 14.6. The number of carbonyl (C=O) groups is 1. The molecule has 1 heterocycles. The topological polar surface area (TPSA) is 71.0 Å². The minimum absolute atomic E-state index is 0.0391. The smallest absolute Gasteiger partial charge is 0.221 e. The van der Waals surface area contributed by atoms with E-state index in [9.17, 15) is 9.90 Å². The van der Waals surface area contributed by atoms with Crippen molar-refractivity contribution in [1.29, 1.82) is 0 Å². The maximum absolute atomic E-state index is 11.3. The molecule has 0 aliphatic carbocycles. The first-order valence-corrected chi connectivity index (χ1v) is 9.73. The number of nitrogens with zero attached hydrogens (tertiary/aromatic N) is 1. The van der Waals surface area contributed by atoms with Gasteiger partial charge in [0, 0.05) is 31.5 Å². The summed E-state index contributed by atoms with van der Waals surface area (Å²) >= 11 is 5.89. The van der Waals surface area contributed by atoms with Crippen LogP contribution in [-0.2, 0) is 4.79 Å². The number of anilines is 1. The van der Waals surface area contributed by atoms with Crippen LogP contribution in [0, 0.1) is 0 Å². The van der Waals surface area contributed by atoms with Gasteiger partial charge in [0.1, 0.15) is 23.8 Å². The van der Waals surface area contributed by atoms with E-state index in [1.165, 1.54) is 6.92 Å². The van der Waals surface area contributed by atoms with Crippen LogP contribution in [-0.4, -0.2) is 47.9 Å². The molecule has 0 aromatic heterocycles. The second-order valence-corrected chi connectivity index (χ2v) is 7.21. The number of nitrogens with one attached hydrogen (secondary N) is 1. The number of carbonyl (C=O) groups excluding carboxylic acids is 1. The Morgan fingerprint density at radius 1 is 1.29 bits per heavy atom. The molecule has 7 heteroatoms. The van der Waals surface area contributed by atoms with Crippen molar-refractivity contribution in [2.75, 3.05) is 25.0 Å². The van der Waals surface area contributed by atoms with E-state index in [4.69, 9.17) is 21.1 Å². The largest absolute Gasteiger partial charge is 0.491 e. The lowest BCUT2D eigenvalue weighted by Gasteiger charge is -2.23. The highest BCUT2D eigenvalue weighted by Crippen LogP contribution is 2.25. The Hall–Kier alpha value is -2.28. The van der Waals surface area contributed by atoms with Crippen LogP contribution in [0.3, 0.4) is 0 Å². The van der Waals surface area contributed by atoms with Gasteiger partial charge in [0.15, 0.2) is 0 Å². The fraction of sp³-hybridized carbons (Fsp3) is 0.381. The van der Waals surface area contributed by atoms with Crippen molar-refractivity contribution in [2.45, 2.75) is 32.1 Å². The molecule has 0 spiro atoms. The van der Waals surface area contributed by atoms with E-state index in [1.54, 1.807) is 24.3 Å². The summed E-state index contributed by atoms with van der Waals surface area (Å²) in [5, 5.41) is 13.9. The Bertz CT molecular complexity index is 784. The molecule has 2 atom stereocenters. The number of hydrogen-bond donors (Lipinski definition) is 2. The molecule has 1 aliphatic rings. The number of likely N-dealkylation sites (tertiary alicyclic amines) is 1. The summed E-state index contributed by atoms with van der Waals surface area (Å²) in [5.41, 5.74) is 0.627. The van der Waals surface area contributed by atoms with Crippen LogP contribution in [0.15, 0.2) is 48.5 Å². The van der Waals surface area contributed by atoms with Crippen molar-refractivity contribution in [1.82, 2.24) is 4.90 Å². The molecule has 1 amide bonds. The molecule has 28 heavy (non-hydrogen) atoms. The molecule has 1 saturated heterocycles. The number of ether oxygens (including phenoxy) is 2. The lowest BCUT2D eigenvalue weighted by atomic mass is 10.3. The Kier molecular flexibility index (Phi) is 7.14. The third-order valence-corrected chi connectivity index (χ3v) is 4.80. The molecule has 1 unspecified atom stereocenters. The van der Waals surface area contributed by atoms with Crippen molar-refractivity contribution in [3.8, 4) is 11.5 Å². The number of rotatable bonds is 8. The van der Waals surface area contributed by atoms with Crippen LogP contribution >= 0.6 is 11.6 Å². The van der Waals surface area contributed by atoms with E-state index < -0.39 is 6.23 Å². The van der Waals surface area contributed by atoms with Gasteiger partial charge in [-0.15, -0.1) is 0 Å². The average Bonchev–Trinajstić information content (AvgIpc) is 3.13. The number of aliphatic hydroxyl groups excluding tert-OH is 1. The third kappa shape index (κ3) is 5.86. The van der Waals surface area contributed by atoms with E-state index in [-0.39, 0.29) is 12.0 Å². The van der Waals surface area contributed by atoms with Gasteiger partial charge in [0.25, 0.3) is 0 Å². The summed E-state index contributed by atoms with van der Waals surface area (Å²) in [4.78, 5) is 13.3. The van der Waals surface area contributed by atoms with E-state index >= 15 is 0 Å². The van der Waals surface area contributed by atoms with Gasteiger partial charge in [-0.1, -0.05) is 23.7 Å². The Morgan fingerprint density at radius 2 is 2.04 bits per heavy atom. The third-order valence-electron chi connectivity index (χ3n) is 4.55. The number of benzene rings is 2. The molecular weight excluding hydrogens is 380 g/mol. The average molecular weight is 405 g/mol. The molecule has 2 aromatic rings. The number of halogens is 1. The minimum Gasteiger partial charge on any atom is -0.491 e. The number of aliphatic hydroxyl groups is 1. The summed E-state index contributed by atoms with van der Waals surface area (Å²) in [6.45, 7) is 3.22.